The SMILES string of the molecule is CCCC(CC)c1ccc(Cl)cc1C(NCC(=O)N1CCC2(CC1)OCc1ccccc12)c1ccccc1. The van der Waals surface area contributed by atoms with Gasteiger partial charge in [-0.25, -0.2) is 0 Å². The molecular formula is C33H39ClN2O2. The Morgan fingerprint density at radius 3 is 2.47 bits per heavy atom. The van der Waals surface area contributed by atoms with Gasteiger partial charge >= 0.3 is 0 Å². The number of rotatable bonds is 9. The molecular weight excluding hydrogens is 492 g/mol. The maximum absolute atomic E-state index is 13.5. The molecule has 0 aromatic heterocycles. The Bertz CT molecular complexity index is 1240. The topological polar surface area (TPSA) is 41.6 Å². The molecule has 4 nitrogen and oxygen atoms in total. The van der Waals surface area contributed by atoms with Crippen molar-refractivity contribution in [1.82, 2.24) is 10.2 Å². The number of nitrogens with one attached hydrogen (secondary N) is 1. The van der Waals surface area contributed by atoms with E-state index in [4.69, 9.17) is 16.3 Å². The highest BCUT2D eigenvalue weighted by Crippen LogP contribution is 2.44. The predicted octanol–water partition coefficient (Wildman–Crippen LogP) is 7.36. The first-order valence-electron chi connectivity index (χ1n) is 14.1. The molecule has 2 heterocycles. The number of nitrogens with zero attached hydrogens (tertiary/aromatic N) is 1. The van der Waals surface area contributed by atoms with Crippen LogP contribution >= 0.6 is 11.6 Å². The third-order valence-corrected chi connectivity index (χ3v) is 8.69. The zero-order valence-corrected chi connectivity index (χ0v) is 23.3. The highest BCUT2D eigenvalue weighted by Gasteiger charge is 2.43. The molecule has 1 amide bonds. The molecule has 0 bridgehead atoms. The van der Waals surface area contributed by atoms with Crippen LogP contribution in [0.2, 0.25) is 5.02 Å². The van der Waals surface area contributed by atoms with E-state index in [-0.39, 0.29) is 24.1 Å². The van der Waals surface area contributed by atoms with E-state index in [0.717, 1.165) is 42.7 Å². The molecule has 1 saturated heterocycles. The van der Waals surface area contributed by atoms with Gasteiger partial charge in [-0.1, -0.05) is 92.5 Å². The zero-order chi connectivity index (χ0) is 26.5. The maximum atomic E-state index is 13.5. The van der Waals surface area contributed by atoms with Gasteiger partial charge in [-0.2, -0.15) is 0 Å². The van der Waals surface area contributed by atoms with Gasteiger partial charge in [-0.15, -0.1) is 0 Å². The van der Waals surface area contributed by atoms with Crippen molar-refractivity contribution in [2.24, 2.45) is 0 Å². The Balaban J connectivity index is 1.32. The lowest BCUT2D eigenvalue weighted by molar-refractivity contribution is -0.137. The van der Waals surface area contributed by atoms with Crippen LogP contribution in [0.3, 0.4) is 0 Å². The van der Waals surface area contributed by atoms with E-state index < -0.39 is 0 Å². The minimum absolute atomic E-state index is 0.110. The molecule has 2 aliphatic heterocycles. The Kier molecular flexibility index (Phi) is 8.52. The van der Waals surface area contributed by atoms with Crippen molar-refractivity contribution in [3.63, 3.8) is 0 Å². The van der Waals surface area contributed by atoms with Crippen LogP contribution in [-0.2, 0) is 21.7 Å². The summed E-state index contributed by atoms with van der Waals surface area (Å²) < 4.78 is 6.30. The summed E-state index contributed by atoms with van der Waals surface area (Å²) in [6.45, 7) is 6.86. The standard InChI is InChI=1S/C33H39ClN2O2/c1-3-10-24(4-2)28-16-15-27(34)21-29(28)32(25-11-6-5-7-12-25)35-22-31(37)36-19-17-33(18-20-36)30-14-9-8-13-26(30)23-38-33/h5-9,11-16,21,24,32,35H,3-4,10,17-20,22-23H2,1-2H3. The number of benzene rings is 3. The molecule has 3 aromatic carbocycles. The minimum atomic E-state index is -0.239. The second-order valence-electron chi connectivity index (χ2n) is 10.7. The lowest BCUT2D eigenvalue weighted by Crippen LogP contribution is -2.48. The average molecular weight is 531 g/mol. The smallest absolute Gasteiger partial charge is 0.236 e. The van der Waals surface area contributed by atoms with Gasteiger partial charge in [0, 0.05) is 18.1 Å². The Labute approximate surface area is 232 Å². The quantitative estimate of drug-likeness (QED) is 0.314. The van der Waals surface area contributed by atoms with E-state index in [2.05, 4.69) is 79.8 Å². The van der Waals surface area contributed by atoms with Gasteiger partial charge < -0.3 is 9.64 Å². The third kappa shape index (κ3) is 5.54. The molecule has 0 saturated carbocycles. The van der Waals surface area contributed by atoms with Crippen LogP contribution in [0.5, 0.6) is 0 Å². The lowest BCUT2D eigenvalue weighted by atomic mass is 9.83. The van der Waals surface area contributed by atoms with E-state index in [1.54, 1.807) is 0 Å². The Morgan fingerprint density at radius 2 is 1.74 bits per heavy atom. The molecule has 3 aromatic rings. The van der Waals surface area contributed by atoms with E-state index in [1.165, 1.54) is 22.3 Å². The summed E-state index contributed by atoms with van der Waals surface area (Å²) in [4.78, 5) is 15.5. The number of piperidine rings is 1. The molecule has 1 spiro atoms. The summed E-state index contributed by atoms with van der Waals surface area (Å²) in [5, 5.41) is 4.36. The van der Waals surface area contributed by atoms with E-state index in [9.17, 15) is 4.79 Å². The molecule has 200 valence electrons. The van der Waals surface area contributed by atoms with Crippen molar-refractivity contribution in [2.45, 2.75) is 70.1 Å². The molecule has 2 aliphatic rings. The van der Waals surface area contributed by atoms with Crippen molar-refractivity contribution in [1.29, 1.82) is 0 Å². The van der Waals surface area contributed by atoms with Crippen molar-refractivity contribution in [3.8, 4) is 0 Å². The Hall–Kier alpha value is -2.66. The zero-order valence-electron chi connectivity index (χ0n) is 22.6. The highest BCUT2D eigenvalue weighted by molar-refractivity contribution is 6.30. The minimum Gasteiger partial charge on any atom is -0.365 e. The summed E-state index contributed by atoms with van der Waals surface area (Å²) in [6.07, 6.45) is 5.01. The van der Waals surface area contributed by atoms with Gasteiger partial charge in [-0.3, -0.25) is 10.1 Å². The molecule has 0 aliphatic carbocycles. The van der Waals surface area contributed by atoms with Gasteiger partial charge in [0.2, 0.25) is 5.91 Å². The number of carbonyl (C=O) groups excluding carboxylic acids is 1. The largest absolute Gasteiger partial charge is 0.365 e. The molecule has 0 radical (unpaired) electrons. The van der Waals surface area contributed by atoms with Crippen LogP contribution in [0.4, 0.5) is 0 Å². The summed E-state index contributed by atoms with van der Waals surface area (Å²) in [7, 11) is 0. The number of likely N-dealkylation sites (tertiary alicyclic amines) is 1. The molecule has 1 N–H and O–H groups in total. The maximum Gasteiger partial charge on any atom is 0.236 e. The number of hydrogen-bond acceptors (Lipinski definition) is 3. The predicted molar refractivity (Wildman–Crippen MR) is 154 cm³/mol. The highest BCUT2D eigenvalue weighted by atomic mass is 35.5. The van der Waals surface area contributed by atoms with Gasteiger partial charge in [0.1, 0.15) is 0 Å². The molecule has 5 heteroatoms. The number of ether oxygens (including phenoxy) is 1. The number of carbonyl (C=O) groups is 1. The molecule has 2 unspecified atom stereocenters. The number of amides is 1. The summed E-state index contributed by atoms with van der Waals surface area (Å²) in [5.41, 5.74) is 5.99. The first kappa shape index (κ1) is 26.9. The van der Waals surface area contributed by atoms with Gasteiger partial charge in [0.05, 0.1) is 24.8 Å². The second-order valence-corrected chi connectivity index (χ2v) is 11.1. The van der Waals surface area contributed by atoms with E-state index in [0.29, 0.717) is 25.6 Å². The Morgan fingerprint density at radius 1 is 1.00 bits per heavy atom. The molecule has 5 rings (SSSR count). The first-order chi connectivity index (χ1) is 18.5. The lowest BCUT2D eigenvalue weighted by Gasteiger charge is -2.39. The molecule has 2 atom stereocenters. The normalized spacial score (nSPS) is 17.8. The fraction of sp³-hybridized carbons (Fsp3) is 0.424. The van der Waals surface area contributed by atoms with Crippen molar-refractivity contribution >= 4 is 17.5 Å². The fourth-order valence-corrected chi connectivity index (χ4v) is 6.55. The summed E-state index contributed by atoms with van der Waals surface area (Å²) in [6, 6.07) is 25.1. The van der Waals surface area contributed by atoms with Gasteiger partial charge in [0.15, 0.2) is 0 Å². The van der Waals surface area contributed by atoms with Gasteiger partial charge in [0.25, 0.3) is 0 Å². The summed E-state index contributed by atoms with van der Waals surface area (Å²) >= 11 is 6.54. The third-order valence-electron chi connectivity index (χ3n) is 8.46. The van der Waals surface area contributed by atoms with Crippen LogP contribution < -0.4 is 5.32 Å². The van der Waals surface area contributed by atoms with Crippen LogP contribution in [0.25, 0.3) is 0 Å². The van der Waals surface area contributed by atoms with E-state index >= 15 is 0 Å². The second kappa shape index (κ2) is 12.0. The van der Waals surface area contributed by atoms with Crippen LogP contribution in [0, 0.1) is 0 Å². The molecule has 1 fully saturated rings. The average Bonchev–Trinajstić information content (AvgIpc) is 3.31. The van der Waals surface area contributed by atoms with Gasteiger partial charge in [-0.05, 0) is 71.6 Å². The van der Waals surface area contributed by atoms with Crippen molar-refractivity contribution < 1.29 is 9.53 Å². The monoisotopic (exact) mass is 530 g/mol. The van der Waals surface area contributed by atoms with Crippen LogP contribution in [0.1, 0.15) is 85.7 Å². The number of hydrogen-bond donors (Lipinski definition) is 1. The van der Waals surface area contributed by atoms with Crippen LogP contribution in [0.15, 0.2) is 72.8 Å². The number of fused-ring (bicyclic) bond motifs is 2. The molecule has 38 heavy (non-hydrogen) atoms. The fourth-order valence-electron chi connectivity index (χ4n) is 6.36. The van der Waals surface area contributed by atoms with Crippen molar-refractivity contribution in [2.75, 3.05) is 19.6 Å². The van der Waals surface area contributed by atoms with E-state index in [1.807, 2.05) is 17.0 Å². The van der Waals surface area contributed by atoms with Crippen molar-refractivity contribution in [3.05, 3.63) is 106 Å². The first-order valence-corrected chi connectivity index (χ1v) is 14.5. The summed E-state index contributed by atoms with van der Waals surface area (Å²) in [5.74, 6) is 0.597. The number of halogens is 1. The van der Waals surface area contributed by atoms with Crippen LogP contribution in [-0.4, -0.2) is 30.4 Å².